The molecule has 6 nitrogen and oxygen atoms in total. The molecule has 2 N–H and O–H groups in total. The normalized spacial score (nSPS) is 12.6. The Morgan fingerprint density at radius 2 is 1.82 bits per heavy atom. The number of hydrogen-bond donors (Lipinski definition) is 2. The highest BCUT2D eigenvalue weighted by molar-refractivity contribution is 6.33. The third kappa shape index (κ3) is 2.57. The summed E-state index contributed by atoms with van der Waals surface area (Å²) in [4.78, 5) is 4.37. The van der Waals surface area contributed by atoms with Gasteiger partial charge in [0.2, 0.25) is 0 Å². The summed E-state index contributed by atoms with van der Waals surface area (Å²) in [5, 5.41) is 14.3. The first-order chi connectivity index (χ1) is 13.6. The van der Waals surface area contributed by atoms with Crippen LogP contribution < -0.4 is 5.32 Å². The highest BCUT2D eigenvalue weighted by atomic mass is 35.5. The first kappa shape index (κ1) is 16.6. The molecule has 0 amide bonds. The molecular formula is C19H11ClF2N6. The predicted octanol–water partition coefficient (Wildman–Crippen LogP) is 4.70. The van der Waals surface area contributed by atoms with Gasteiger partial charge in [0.15, 0.2) is 5.82 Å². The maximum absolute atomic E-state index is 14.4. The molecule has 5 rings (SSSR count). The quantitative estimate of drug-likeness (QED) is 0.516. The smallest absolute Gasteiger partial charge is 0.176 e. The minimum absolute atomic E-state index is 0.00839. The Hall–Kier alpha value is -3.52. The van der Waals surface area contributed by atoms with Gasteiger partial charge >= 0.3 is 0 Å². The molecule has 0 aliphatic carbocycles. The summed E-state index contributed by atoms with van der Waals surface area (Å²) < 4.78 is 30.3. The van der Waals surface area contributed by atoms with Gasteiger partial charge in [-0.3, -0.25) is 5.10 Å². The molecule has 1 aliphatic heterocycles. The van der Waals surface area contributed by atoms with Crippen molar-refractivity contribution in [2.45, 2.75) is 0 Å². The van der Waals surface area contributed by atoms with Gasteiger partial charge in [-0.15, -0.1) is 0 Å². The molecular weight excluding hydrogens is 386 g/mol. The van der Waals surface area contributed by atoms with Crippen molar-refractivity contribution in [3.05, 3.63) is 77.2 Å². The molecule has 28 heavy (non-hydrogen) atoms. The Kier molecular flexibility index (Phi) is 3.73. The van der Waals surface area contributed by atoms with Crippen LogP contribution in [0.15, 0.2) is 60.0 Å². The van der Waals surface area contributed by atoms with E-state index in [0.29, 0.717) is 11.4 Å². The summed E-state index contributed by atoms with van der Waals surface area (Å²) in [6.45, 7) is 0. The van der Waals surface area contributed by atoms with Crippen LogP contribution in [0.4, 0.5) is 20.3 Å². The van der Waals surface area contributed by atoms with Crippen molar-refractivity contribution in [3.63, 3.8) is 0 Å². The Morgan fingerprint density at radius 3 is 2.57 bits per heavy atom. The molecule has 2 aromatic carbocycles. The van der Waals surface area contributed by atoms with Crippen molar-refractivity contribution in [3.8, 4) is 16.8 Å². The minimum atomic E-state index is -0.730. The van der Waals surface area contributed by atoms with Crippen LogP contribution in [0.3, 0.4) is 0 Å². The van der Waals surface area contributed by atoms with E-state index in [0.717, 1.165) is 11.1 Å². The highest BCUT2D eigenvalue weighted by Gasteiger charge is 2.24. The standard InChI is InChI=1S/C19H11ClF2N6/c20-12-9-25-28-16-6-10(11-7-23-24-8-11)4-5-15(16)26-18(27-19(12)28)17-13(21)2-1-3-14(17)22/h1-9H,(H,23,24)(H,26,27). The lowest BCUT2D eigenvalue weighted by Gasteiger charge is -2.13. The highest BCUT2D eigenvalue weighted by Crippen LogP contribution is 2.36. The zero-order valence-electron chi connectivity index (χ0n) is 14.1. The largest absolute Gasteiger partial charge is 0.338 e. The molecule has 3 heterocycles. The Balaban J connectivity index is 1.73. The van der Waals surface area contributed by atoms with Gasteiger partial charge in [-0.25, -0.2) is 18.5 Å². The summed E-state index contributed by atoms with van der Waals surface area (Å²) in [6, 6.07) is 9.17. The number of amidine groups is 1. The van der Waals surface area contributed by atoms with Gasteiger partial charge in [-0.2, -0.15) is 10.2 Å². The second-order valence-corrected chi connectivity index (χ2v) is 6.54. The number of halogens is 3. The van der Waals surface area contributed by atoms with Gasteiger partial charge in [0.25, 0.3) is 0 Å². The molecule has 2 aromatic heterocycles. The Bertz CT molecular complexity index is 1210. The van der Waals surface area contributed by atoms with E-state index in [4.69, 9.17) is 11.6 Å². The summed E-state index contributed by atoms with van der Waals surface area (Å²) in [5.41, 5.74) is 2.71. The lowest BCUT2D eigenvalue weighted by molar-refractivity contribution is 0.579. The molecule has 9 heteroatoms. The number of rotatable bonds is 2. The van der Waals surface area contributed by atoms with Crippen LogP contribution in [-0.4, -0.2) is 25.8 Å². The number of hydrogen-bond acceptors (Lipinski definition) is 4. The maximum Gasteiger partial charge on any atom is 0.176 e. The van der Waals surface area contributed by atoms with Crippen LogP contribution in [0.2, 0.25) is 5.02 Å². The average molecular weight is 397 g/mol. The number of anilines is 1. The lowest BCUT2D eigenvalue weighted by atomic mass is 10.1. The fourth-order valence-corrected chi connectivity index (χ4v) is 3.27. The fourth-order valence-electron chi connectivity index (χ4n) is 3.10. The maximum atomic E-state index is 14.4. The number of aromatic amines is 1. The van der Waals surface area contributed by atoms with E-state index in [1.807, 2.05) is 12.1 Å². The minimum Gasteiger partial charge on any atom is -0.338 e. The Morgan fingerprint density at radius 1 is 1.00 bits per heavy atom. The van der Waals surface area contributed by atoms with Crippen molar-refractivity contribution in [2.24, 2.45) is 4.99 Å². The molecule has 0 fully saturated rings. The zero-order chi connectivity index (χ0) is 19.3. The van der Waals surface area contributed by atoms with Crippen molar-refractivity contribution in [1.82, 2.24) is 20.0 Å². The molecule has 0 unspecified atom stereocenters. The van der Waals surface area contributed by atoms with Crippen molar-refractivity contribution in [1.29, 1.82) is 0 Å². The van der Waals surface area contributed by atoms with Gasteiger partial charge in [0, 0.05) is 11.8 Å². The van der Waals surface area contributed by atoms with E-state index in [-0.39, 0.29) is 22.2 Å². The van der Waals surface area contributed by atoms with Gasteiger partial charge in [-0.05, 0) is 29.8 Å². The number of aliphatic imine (C=N–C) groups is 1. The summed E-state index contributed by atoms with van der Waals surface area (Å²) in [6.07, 6.45) is 4.90. The Labute approximate surface area is 162 Å². The van der Waals surface area contributed by atoms with Gasteiger partial charge in [0.1, 0.15) is 22.5 Å². The number of benzene rings is 2. The van der Waals surface area contributed by atoms with Crippen LogP contribution in [0, 0.1) is 11.6 Å². The molecule has 0 saturated carbocycles. The van der Waals surface area contributed by atoms with Crippen molar-refractivity contribution >= 4 is 28.9 Å². The fraction of sp³-hybridized carbons (Fsp3) is 0. The summed E-state index contributed by atoms with van der Waals surface area (Å²) >= 11 is 6.25. The molecule has 0 bridgehead atoms. The van der Waals surface area contributed by atoms with Gasteiger partial charge in [-0.1, -0.05) is 23.7 Å². The molecule has 0 spiro atoms. The predicted molar refractivity (Wildman–Crippen MR) is 102 cm³/mol. The molecule has 0 radical (unpaired) electrons. The number of nitrogens with zero attached hydrogens (tertiary/aromatic N) is 4. The number of nitrogens with one attached hydrogen (secondary N) is 2. The zero-order valence-corrected chi connectivity index (χ0v) is 14.9. The van der Waals surface area contributed by atoms with E-state index in [9.17, 15) is 8.78 Å². The van der Waals surface area contributed by atoms with E-state index in [2.05, 4.69) is 25.6 Å². The molecule has 4 aromatic rings. The first-order valence-electron chi connectivity index (χ1n) is 8.29. The number of aromatic nitrogens is 4. The van der Waals surface area contributed by atoms with Crippen LogP contribution in [-0.2, 0) is 0 Å². The van der Waals surface area contributed by atoms with Crippen molar-refractivity contribution < 1.29 is 8.78 Å². The second kappa shape index (κ2) is 6.28. The average Bonchev–Trinajstić information content (AvgIpc) is 3.30. The number of H-pyrrole nitrogens is 1. The molecule has 0 atom stereocenters. The lowest BCUT2D eigenvalue weighted by Crippen LogP contribution is -2.17. The van der Waals surface area contributed by atoms with Crippen LogP contribution >= 0.6 is 11.6 Å². The third-order valence-corrected chi connectivity index (χ3v) is 4.70. The summed E-state index contributed by atoms with van der Waals surface area (Å²) in [5.74, 6) is -1.18. The SMILES string of the molecule is Fc1cccc(F)c1C1=Nc2c(Cl)cnn2-c2cc(-c3cn[nH]c3)ccc2N1. The second-order valence-electron chi connectivity index (χ2n) is 6.13. The topological polar surface area (TPSA) is 70.9 Å². The first-order valence-corrected chi connectivity index (χ1v) is 8.67. The third-order valence-electron chi connectivity index (χ3n) is 4.43. The van der Waals surface area contributed by atoms with E-state index < -0.39 is 11.6 Å². The molecule has 0 saturated heterocycles. The van der Waals surface area contributed by atoms with Gasteiger partial charge < -0.3 is 5.32 Å². The van der Waals surface area contributed by atoms with Crippen LogP contribution in [0.5, 0.6) is 0 Å². The molecule has 1 aliphatic rings. The number of fused-ring (bicyclic) bond motifs is 3. The van der Waals surface area contributed by atoms with Gasteiger partial charge in [0.05, 0.1) is 29.3 Å². The summed E-state index contributed by atoms with van der Waals surface area (Å²) in [7, 11) is 0. The monoisotopic (exact) mass is 396 g/mol. The van der Waals surface area contributed by atoms with E-state index in [1.54, 1.807) is 18.5 Å². The van der Waals surface area contributed by atoms with Crippen molar-refractivity contribution in [2.75, 3.05) is 5.32 Å². The van der Waals surface area contributed by atoms with E-state index >= 15 is 0 Å². The van der Waals surface area contributed by atoms with E-state index in [1.165, 1.54) is 29.1 Å². The van der Waals surface area contributed by atoms with Crippen LogP contribution in [0.25, 0.3) is 16.8 Å². The molecule has 138 valence electrons. The van der Waals surface area contributed by atoms with Crippen LogP contribution in [0.1, 0.15) is 5.56 Å².